The number of rotatable bonds is 2. The van der Waals surface area contributed by atoms with Gasteiger partial charge in [0.25, 0.3) is 0 Å². The van der Waals surface area contributed by atoms with Crippen molar-refractivity contribution in [2.24, 2.45) is 0 Å². The molecule has 3 rings (SSSR count). The summed E-state index contributed by atoms with van der Waals surface area (Å²) in [6.45, 7) is 0. The molecule has 84 valence electrons. The summed E-state index contributed by atoms with van der Waals surface area (Å²) in [5, 5.41) is 0. The molecule has 16 heavy (non-hydrogen) atoms. The molecule has 0 unspecified atom stereocenters. The van der Waals surface area contributed by atoms with Gasteiger partial charge in [0.15, 0.2) is 0 Å². The second-order valence-corrected chi connectivity index (χ2v) is 6.07. The maximum absolute atomic E-state index is 12.3. The van der Waals surface area contributed by atoms with Crippen molar-refractivity contribution >= 4 is 10.0 Å². The highest BCUT2D eigenvalue weighted by atomic mass is 32.2. The van der Waals surface area contributed by atoms with Gasteiger partial charge in [-0.05, 0) is 25.0 Å². The van der Waals surface area contributed by atoms with E-state index in [9.17, 15) is 8.42 Å². The lowest BCUT2D eigenvalue weighted by molar-refractivity contribution is 0.546. The highest BCUT2D eigenvalue weighted by Gasteiger charge is 2.54. The Kier molecular flexibility index (Phi) is 2.16. The third-order valence-electron chi connectivity index (χ3n) is 3.25. The molecule has 1 aliphatic carbocycles. The Hall–Kier alpha value is -1.13. The zero-order chi connectivity index (χ0) is 11.2. The first-order valence-electron chi connectivity index (χ1n) is 5.45. The van der Waals surface area contributed by atoms with E-state index in [1.54, 1.807) is 28.6 Å². The zero-order valence-electron chi connectivity index (χ0n) is 8.78. The van der Waals surface area contributed by atoms with Gasteiger partial charge in [0.05, 0.1) is 4.90 Å². The topological polar surface area (TPSA) is 37.1 Å². The minimum absolute atomic E-state index is 0.204. The molecular weight excluding hydrogens is 222 g/mol. The van der Waals surface area contributed by atoms with Crippen LogP contribution in [0.15, 0.2) is 47.4 Å². The lowest BCUT2D eigenvalue weighted by Gasteiger charge is -2.05. The summed E-state index contributed by atoms with van der Waals surface area (Å²) in [6, 6.07) is 9.08. The summed E-state index contributed by atoms with van der Waals surface area (Å²) in [5.74, 6) is 0. The van der Waals surface area contributed by atoms with Crippen LogP contribution in [-0.4, -0.2) is 24.8 Å². The van der Waals surface area contributed by atoms with Gasteiger partial charge in [-0.3, -0.25) is 0 Å². The van der Waals surface area contributed by atoms with E-state index in [1.165, 1.54) is 0 Å². The van der Waals surface area contributed by atoms with Crippen LogP contribution < -0.4 is 0 Å². The molecular formula is C12H13NO2S. The molecule has 0 spiro atoms. The quantitative estimate of drug-likeness (QED) is 0.579. The smallest absolute Gasteiger partial charge is 0.207 e. The van der Waals surface area contributed by atoms with E-state index in [2.05, 4.69) is 12.2 Å². The standard InChI is InChI=1S/C12H13NO2S/c14-16(15,10-6-2-1-3-7-10)13-11-8-4-5-9-12(11)13/h1-7,11-12H,8-9H2/t11-,12-/m1/s1. The van der Waals surface area contributed by atoms with Crippen LogP contribution in [0.2, 0.25) is 0 Å². The molecule has 1 saturated heterocycles. The Morgan fingerprint density at radius 2 is 1.56 bits per heavy atom. The average Bonchev–Trinajstić information content (AvgIpc) is 3.05. The second kappa shape index (κ2) is 3.43. The Morgan fingerprint density at radius 1 is 1.00 bits per heavy atom. The van der Waals surface area contributed by atoms with Crippen molar-refractivity contribution in [1.82, 2.24) is 4.31 Å². The van der Waals surface area contributed by atoms with Crippen LogP contribution in [0.5, 0.6) is 0 Å². The van der Waals surface area contributed by atoms with Crippen LogP contribution in [0.1, 0.15) is 12.8 Å². The summed E-state index contributed by atoms with van der Waals surface area (Å²) in [4.78, 5) is 0.407. The predicted octanol–water partition coefficient (Wildman–Crippen LogP) is 1.78. The fraction of sp³-hybridized carbons (Fsp3) is 0.333. The summed E-state index contributed by atoms with van der Waals surface area (Å²) < 4.78 is 26.2. The monoisotopic (exact) mass is 235 g/mol. The van der Waals surface area contributed by atoms with Crippen LogP contribution >= 0.6 is 0 Å². The van der Waals surface area contributed by atoms with Gasteiger partial charge in [-0.2, -0.15) is 4.31 Å². The van der Waals surface area contributed by atoms with Gasteiger partial charge in [-0.25, -0.2) is 8.42 Å². The third kappa shape index (κ3) is 1.41. The molecule has 0 N–H and O–H groups in total. The third-order valence-corrected chi connectivity index (χ3v) is 5.21. The van der Waals surface area contributed by atoms with Gasteiger partial charge in [0.2, 0.25) is 10.0 Å². The van der Waals surface area contributed by atoms with Crippen molar-refractivity contribution in [1.29, 1.82) is 0 Å². The predicted molar refractivity (Wildman–Crippen MR) is 61.4 cm³/mol. The molecule has 0 radical (unpaired) electrons. The first-order valence-corrected chi connectivity index (χ1v) is 6.89. The minimum atomic E-state index is -3.25. The molecule has 4 heteroatoms. The van der Waals surface area contributed by atoms with Crippen molar-refractivity contribution in [3.05, 3.63) is 42.5 Å². The molecule has 1 aliphatic heterocycles. The SMILES string of the molecule is O=S(=O)(c1ccccc1)N1[C@@H]2CC=CC[C@H]21. The lowest BCUT2D eigenvalue weighted by atomic mass is 10.1. The Bertz CT molecular complexity index is 507. The summed E-state index contributed by atoms with van der Waals surface area (Å²) >= 11 is 0. The Balaban J connectivity index is 1.92. The summed E-state index contributed by atoms with van der Waals surface area (Å²) in [6.07, 6.45) is 5.86. The van der Waals surface area contributed by atoms with Crippen molar-refractivity contribution in [2.45, 2.75) is 29.8 Å². The van der Waals surface area contributed by atoms with E-state index in [0.29, 0.717) is 4.90 Å². The molecule has 1 aromatic rings. The number of hydrogen-bond acceptors (Lipinski definition) is 2. The van der Waals surface area contributed by atoms with E-state index < -0.39 is 10.0 Å². The van der Waals surface area contributed by atoms with Crippen LogP contribution in [0.4, 0.5) is 0 Å². The Morgan fingerprint density at radius 3 is 2.12 bits per heavy atom. The molecule has 2 aliphatic rings. The van der Waals surface area contributed by atoms with Crippen LogP contribution in [-0.2, 0) is 10.0 Å². The van der Waals surface area contributed by atoms with Crippen molar-refractivity contribution in [3.8, 4) is 0 Å². The first kappa shape index (κ1) is 10.1. The molecule has 1 heterocycles. The van der Waals surface area contributed by atoms with E-state index in [4.69, 9.17) is 0 Å². The van der Waals surface area contributed by atoms with E-state index in [-0.39, 0.29) is 12.1 Å². The first-order chi connectivity index (χ1) is 7.71. The average molecular weight is 235 g/mol. The molecule has 0 bridgehead atoms. The summed E-state index contributed by atoms with van der Waals surface area (Å²) in [5.41, 5.74) is 0. The molecule has 0 aromatic heterocycles. The fourth-order valence-electron chi connectivity index (χ4n) is 2.37. The van der Waals surface area contributed by atoms with Gasteiger partial charge < -0.3 is 0 Å². The highest BCUT2D eigenvalue weighted by molar-refractivity contribution is 7.89. The van der Waals surface area contributed by atoms with Crippen LogP contribution in [0.25, 0.3) is 0 Å². The number of nitrogens with zero attached hydrogens (tertiary/aromatic N) is 1. The highest BCUT2D eigenvalue weighted by Crippen LogP contribution is 2.42. The number of hydrogen-bond donors (Lipinski definition) is 0. The second-order valence-electron chi connectivity index (χ2n) is 4.23. The lowest BCUT2D eigenvalue weighted by Crippen LogP contribution is -2.15. The van der Waals surface area contributed by atoms with E-state index in [1.807, 2.05) is 6.07 Å². The summed E-state index contributed by atoms with van der Waals surface area (Å²) in [7, 11) is -3.25. The van der Waals surface area contributed by atoms with Gasteiger partial charge in [-0.1, -0.05) is 30.4 Å². The van der Waals surface area contributed by atoms with Gasteiger partial charge in [0, 0.05) is 12.1 Å². The fourth-order valence-corrected chi connectivity index (χ4v) is 4.23. The van der Waals surface area contributed by atoms with Gasteiger partial charge in [-0.15, -0.1) is 0 Å². The Labute approximate surface area is 95.4 Å². The molecule has 2 atom stereocenters. The van der Waals surface area contributed by atoms with E-state index >= 15 is 0 Å². The minimum Gasteiger partial charge on any atom is -0.207 e. The maximum Gasteiger partial charge on any atom is 0.243 e. The van der Waals surface area contributed by atoms with Crippen LogP contribution in [0.3, 0.4) is 0 Å². The largest absolute Gasteiger partial charge is 0.243 e. The molecule has 0 amide bonds. The number of fused-ring (bicyclic) bond motifs is 1. The number of benzene rings is 1. The zero-order valence-corrected chi connectivity index (χ0v) is 9.60. The molecule has 3 nitrogen and oxygen atoms in total. The molecule has 1 aromatic carbocycles. The van der Waals surface area contributed by atoms with Crippen molar-refractivity contribution in [3.63, 3.8) is 0 Å². The maximum atomic E-state index is 12.3. The van der Waals surface area contributed by atoms with Crippen molar-refractivity contribution < 1.29 is 8.42 Å². The normalized spacial score (nSPS) is 32.1. The van der Waals surface area contributed by atoms with Crippen molar-refractivity contribution in [2.75, 3.05) is 0 Å². The van der Waals surface area contributed by atoms with E-state index in [0.717, 1.165) is 12.8 Å². The van der Waals surface area contributed by atoms with Gasteiger partial charge >= 0.3 is 0 Å². The molecule has 1 fully saturated rings. The van der Waals surface area contributed by atoms with Gasteiger partial charge in [0.1, 0.15) is 0 Å². The number of sulfonamides is 1. The molecule has 0 saturated carbocycles. The van der Waals surface area contributed by atoms with Crippen LogP contribution in [0, 0.1) is 0 Å².